The Bertz CT molecular complexity index is 1450. The van der Waals surface area contributed by atoms with Gasteiger partial charge in [-0.25, -0.2) is 14.9 Å². The first-order valence-corrected chi connectivity index (χ1v) is 11.4. The first-order valence-electron chi connectivity index (χ1n) is 11.1. The second-order valence-corrected chi connectivity index (χ2v) is 8.63. The number of fused-ring (bicyclic) bond motifs is 1. The van der Waals surface area contributed by atoms with Crippen molar-refractivity contribution >= 4 is 46.9 Å². The molecule has 2 aliphatic rings. The van der Waals surface area contributed by atoms with Gasteiger partial charge < -0.3 is 5.73 Å². The highest BCUT2D eigenvalue weighted by atomic mass is 35.5. The van der Waals surface area contributed by atoms with Gasteiger partial charge in [0.1, 0.15) is 11.7 Å². The number of halogens is 1. The summed E-state index contributed by atoms with van der Waals surface area (Å²) in [4.78, 5) is 20.4. The zero-order valence-electron chi connectivity index (χ0n) is 18.4. The number of rotatable bonds is 3. The largest absolute Gasteiger partial charge is 0.383 e. The van der Waals surface area contributed by atoms with Crippen LogP contribution in [0.4, 0.5) is 17.2 Å². The minimum absolute atomic E-state index is 0.156. The number of aliphatic imine (C=N–C) groups is 1. The van der Waals surface area contributed by atoms with Crippen LogP contribution in [0.1, 0.15) is 0 Å². The summed E-state index contributed by atoms with van der Waals surface area (Å²) >= 11 is 6.05. The van der Waals surface area contributed by atoms with Crippen LogP contribution in [0.3, 0.4) is 0 Å². The van der Waals surface area contributed by atoms with Gasteiger partial charge in [-0.2, -0.15) is 14.9 Å². The summed E-state index contributed by atoms with van der Waals surface area (Å²) in [7, 11) is 0. The SMILES string of the molecule is Nc1cc(-c2ccc(Cl)cc2)nn1C1=NC2C(C=NN2c2ccccc2)C(=O)N1c1ccccc1. The minimum atomic E-state index is -0.553. The van der Waals surface area contributed by atoms with Crippen LogP contribution >= 0.6 is 11.6 Å². The van der Waals surface area contributed by atoms with Crippen molar-refractivity contribution < 1.29 is 4.79 Å². The van der Waals surface area contributed by atoms with Crippen LogP contribution in [0.2, 0.25) is 5.02 Å². The Morgan fingerprint density at radius 1 is 0.857 bits per heavy atom. The lowest BCUT2D eigenvalue weighted by atomic mass is 10.0. The van der Waals surface area contributed by atoms with Gasteiger partial charge in [0.05, 0.1) is 17.1 Å². The molecule has 1 aromatic heterocycles. The number of hydrogen-bond donors (Lipinski definition) is 1. The molecule has 0 fully saturated rings. The molecule has 2 N–H and O–H groups in total. The maximum atomic E-state index is 13.8. The van der Waals surface area contributed by atoms with Gasteiger partial charge in [0.2, 0.25) is 11.9 Å². The minimum Gasteiger partial charge on any atom is -0.383 e. The highest BCUT2D eigenvalue weighted by molar-refractivity contribution is 6.30. The molecule has 2 aliphatic heterocycles. The predicted molar refractivity (Wildman–Crippen MR) is 139 cm³/mol. The number of hydrazone groups is 1. The van der Waals surface area contributed by atoms with Crippen molar-refractivity contribution in [2.45, 2.75) is 6.17 Å². The van der Waals surface area contributed by atoms with Crippen LogP contribution in [0.25, 0.3) is 11.3 Å². The first kappa shape index (κ1) is 21.1. The molecule has 4 aromatic rings. The summed E-state index contributed by atoms with van der Waals surface area (Å²) in [5.74, 6) is -0.0411. The molecule has 0 radical (unpaired) electrons. The quantitative estimate of drug-likeness (QED) is 0.467. The maximum absolute atomic E-state index is 13.8. The lowest BCUT2D eigenvalue weighted by Crippen LogP contribution is -2.54. The predicted octanol–water partition coefficient (Wildman–Crippen LogP) is 4.48. The maximum Gasteiger partial charge on any atom is 0.246 e. The Hall–Kier alpha value is -4.43. The van der Waals surface area contributed by atoms with Crippen molar-refractivity contribution in [3.05, 3.63) is 96.0 Å². The van der Waals surface area contributed by atoms with Gasteiger partial charge in [0, 0.05) is 22.9 Å². The van der Waals surface area contributed by atoms with Crippen molar-refractivity contribution in [2.75, 3.05) is 15.6 Å². The third kappa shape index (κ3) is 3.64. The molecule has 3 aromatic carbocycles. The number of nitrogens with zero attached hydrogens (tertiary/aromatic N) is 6. The van der Waals surface area contributed by atoms with Gasteiger partial charge in [0.25, 0.3) is 0 Å². The monoisotopic (exact) mass is 481 g/mol. The highest BCUT2D eigenvalue weighted by Gasteiger charge is 2.45. The number of carbonyl (C=O) groups excluding carboxylic acids is 1. The molecule has 2 unspecified atom stereocenters. The molecular formula is C26H20ClN7O. The topological polar surface area (TPSA) is 92.1 Å². The van der Waals surface area contributed by atoms with E-state index < -0.39 is 12.1 Å². The molecule has 9 heteroatoms. The van der Waals surface area contributed by atoms with E-state index in [1.807, 2.05) is 72.8 Å². The van der Waals surface area contributed by atoms with E-state index in [9.17, 15) is 4.79 Å². The zero-order chi connectivity index (χ0) is 23.9. The smallest absolute Gasteiger partial charge is 0.246 e. The number of nitrogens with two attached hydrogens (primary N) is 1. The molecule has 0 aliphatic carbocycles. The number of benzene rings is 3. The molecule has 0 saturated carbocycles. The third-order valence-corrected chi connectivity index (χ3v) is 6.23. The number of amides is 1. The van der Waals surface area contributed by atoms with Crippen LogP contribution in [-0.2, 0) is 4.79 Å². The van der Waals surface area contributed by atoms with Crippen molar-refractivity contribution in [3.63, 3.8) is 0 Å². The summed E-state index contributed by atoms with van der Waals surface area (Å²) in [5.41, 5.74) is 9.43. The molecule has 6 rings (SSSR count). The molecule has 0 spiro atoms. The van der Waals surface area contributed by atoms with Crippen LogP contribution in [0.5, 0.6) is 0 Å². The van der Waals surface area contributed by atoms with E-state index in [1.54, 1.807) is 34.3 Å². The Kier molecular flexibility index (Phi) is 5.08. The molecule has 35 heavy (non-hydrogen) atoms. The second-order valence-electron chi connectivity index (χ2n) is 8.20. The summed E-state index contributed by atoms with van der Waals surface area (Å²) in [6.45, 7) is 0. The van der Waals surface area contributed by atoms with Crippen molar-refractivity contribution in [1.29, 1.82) is 0 Å². The van der Waals surface area contributed by atoms with Gasteiger partial charge in [-0.15, -0.1) is 0 Å². The lowest BCUT2D eigenvalue weighted by molar-refractivity contribution is -0.120. The summed E-state index contributed by atoms with van der Waals surface area (Å²) < 4.78 is 1.51. The van der Waals surface area contributed by atoms with E-state index in [0.717, 1.165) is 11.3 Å². The Morgan fingerprint density at radius 2 is 1.51 bits per heavy atom. The van der Waals surface area contributed by atoms with Gasteiger partial charge in [0.15, 0.2) is 6.17 Å². The second kappa shape index (κ2) is 8.41. The number of aromatic nitrogens is 2. The number of hydrogen-bond acceptors (Lipinski definition) is 6. The normalized spacial score (nSPS) is 19.1. The van der Waals surface area contributed by atoms with Crippen molar-refractivity contribution in [1.82, 2.24) is 9.78 Å². The molecule has 2 atom stereocenters. The lowest BCUT2D eigenvalue weighted by Gasteiger charge is -2.34. The number of para-hydroxylation sites is 2. The molecule has 3 heterocycles. The average molecular weight is 482 g/mol. The van der Waals surface area contributed by atoms with E-state index in [4.69, 9.17) is 27.4 Å². The van der Waals surface area contributed by atoms with Gasteiger partial charge >= 0.3 is 0 Å². The van der Waals surface area contributed by atoms with E-state index in [0.29, 0.717) is 28.2 Å². The summed E-state index contributed by atoms with van der Waals surface area (Å²) in [6.07, 6.45) is 1.10. The van der Waals surface area contributed by atoms with Crippen molar-refractivity contribution in [3.8, 4) is 11.3 Å². The molecule has 8 nitrogen and oxygen atoms in total. The average Bonchev–Trinajstić information content (AvgIpc) is 3.49. The van der Waals surface area contributed by atoms with E-state index in [1.165, 1.54) is 4.68 Å². The molecule has 172 valence electrons. The van der Waals surface area contributed by atoms with Gasteiger partial charge in [-0.1, -0.05) is 60.1 Å². The van der Waals surface area contributed by atoms with Crippen LogP contribution in [0.15, 0.2) is 101 Å². The van der Waals surface area contributed by atoms with Gasteiger partial charge in [-0.05, 0) is 36.4 Å². The van der Waals surface area contributed by atoms with Crippen LogP contribution in [-0.4, -0.2) is 34.0 Å². The summed E-state index contributed by atoms with van der Waals surface area (Å²) in [5, 5.41) is 11.6. The fourth-order valence-electron chi connectivity index (χ4n) is 4.28. The molecule has 0 saturated heterocycles. The fourth-order valence-corrected chi connectivity index (χ4v) is 4.40. The van der Waals surface area contributed by atoms with Crippen LogP contribution in [0, 0.1) is 5.92 Å². The molecule has 1 amide bonds. The van der Waals surface area contributed by atoms with Crippen molar-refractivity contribution in [2.24, 2.45) is 16.0 Å². The Balaban J connectivity index is 1.49. The summed E-state index contributed by atoms with van der Waals surface area (Å²) in [6, 6.07) is 28.1. The van der Waals surface area contributed by atoms with Gasteiger partial charge in [-0.3, -0.25) is 4.79 Å². The Morgan fingerprint density at radius 3 is 2.20 bits per heavy atom. The molecular weight excluding hydrogens is 462 g/mol. The molecule has 0 bridgehead atoms. The van der Waals surface area contributed by atoms with E-state index >= 15 is 0 Å². The highest BCUT2D eigenvalue weighted by Crippen LogP contribution is 2.33. The first-order chi connectivity index (χ1) is 17.1. The fraction of sp³-hybridized carbons (Fsp3) is 0.0769. The number of anilines is 3. The standard InChI is InChI=1S/C26H20ClN7O/c27-18-13-11-17(12-14-18)22-15-23(28)34(31-22)26-30-24-21(16-29-33(24)20-9-5-2-6-10-20)25(35)32(26)19-7-3-1-4-8-19/h1-16,21,24H,28H2. The van der Waals surface area contributed by atoms with E-state index in [2.05, 4.69) is 5.10 Å². The Labute approximate surface area is 206 Å². The number of nitrogen functional groups attached to an aromatic ring is 1. The van der Waals surface area contributed by atoms with Crippen LogP contribution < -0.4 is 15.6 Å². The third-order valence-electron chi connectivity index (χ3n) is 5.98. The zero-order valence-corrected chi connectivity index (χ0v) is 19.2. The number of carbonyl (C=O) groups is 1. The van der Waals surface area contributed by atoms with E-state index in [-0.39, 0.29) is 5.91 Å².